The topological polar surface area (TPSA) is 26.3 Å². The van der Waals surface area contributed by atoms with Crippen LogP contribution in [0.15, 0.2) is 12.7 Å². The van der Waals surface area contributed by atoms with Crippen molar-refractivity contribution >= 4 is 6.47 Å². The molecule has 0 aliphatic heterocycles. The maximum atomic E-state index is 12.2. The molecule has 5 heteroatoms. The van der Waals surface area contributed by atoms with Crippen LogP contribution in [0, 0.1) is 5.92 Å². The van der Waals surface area contributed by atoms with Gasteiger partial charge in [0.1, 0.15) is 6.10 Å². The molecular formula is C8H11F3O2. The lowest BCUT2D eigenvalue weighted by molar-refractivity contribution is -0.201. The highest BCUT2D eigenvalue weighted by Crippen LogP contribution is 2.32. The van der Waals surface area contributed by atoms with Gasteiger partial charge in [0.05, 0.1) is 5.92 Å². The van der Waals surface area contributed by atoms with Crippen LogP contribution in [0.5, 0.6) is 0 Å². The van der Waals surface area contributed by atoms with E-state index in [-0.39, 0.29) is 12.9 Å². The Hall–Kier alpha value is -1.00. The van der Waals surface area contributed by atoms with Crippen molar-refractivity contribution < 1.29 is 22.7 Å². The van der Waals surface area contributed by atoms with Crippen LogP contribution >= 0.6 is 0 Å². The number of alkyl halides is 3. The second kappa shape index (κ2) is 4.89. The first kappa shape index (κ1) is 12.0. The molecule has 0 aromatic carbocycles. The third-order valence-corrected chi connectivity index (χ3v) is 1.68. The summed E-state index contributed by atoms with van der Waals surface area (Å²) in [5.74, 6) is -1.67. The van der Waals surface area contributed by atoms with E-state index in [4.69, 9.17) is 0 Å². The van der Waals surface area contributed by atoms with Gasteiger partial charge in [-0.2, -0.15) is 13.2 Å². The van der Waals surface area contributed by atoms with Gasteiger partial charge in [0.25, 0.3) is 6.47 Å². The van der Waals surface area contributed by atoms with E-state index in [1.54, 1.807) is 0 Å². The van der Waals surface area contributed by atoms with Gasteiger partial charge in [-0.05, 0) is 13.3 Å². The van der Waals surface area contributed by atoms with Crippen LogP contribution in [0.4, 0.5) is 13.2 Å². The van der Waals surface area contributed by atoms with E-state index < -0.39 is 18.2 Å². The van der Waals surface area contributed by atoms with Crippen LogP contribution in [-0.4, -0.2) is 18.8 Å². The number of carbonyl (C=O) groups is 1. The molecular weight excluding hydrogens is 185 g/mol. The van der Waals surface area contributed by atoms with Crippen molar-refractivity contribution in [1.82, 2.24) is 0 Å². The molecule has 2 nitrogen and oxygen atoms in total. The van der Waals surface area contributed by atoms with Crippen molar-refractivity contribution in [3.8, 4) is 0 Å². The molecule has 13 heavy (non-hydrogen) atoms. The zero-order valence-corrected chi connectivity index (χ0v) is 7.17. The largest absolute Gasteiger partial charge is 0.464 e. The standard InChI is InChI=1S/C8H11F3O2/c1-3-4-7(8(9,10)11)6(2)13-5-12/h3,5-7H,1,4H2,2H3/t6-,7?/m1/s1. The molecule has 0 rings (SSSR count). The maximum absolute atomic E-state index is 12.2. The van der Waals surface area contributed by atoms with Crippen LogP contribution in [-0.2, 0) is 9.53 Å². The Bertz CT molecular complexity index is 177. The van der Waals surface area contributed by atoms with E-state index in [1.165, 1.54) is 6.92 Å². The molecule has 0 N–H and O–H groups in total. The highest BCUT2D eigenvalue weighted by molar-refractivity contribution is 5.37. The Morgan fingerprint density at radius 2 is 2.08 bits per heavy atom. The zero-order valence-electron chi connectivity index (χ0n) is 7.17. The molecule has 0 heterocycles. The fourth-order valence-corrected chi connectivity index (χ4v) is 0.953. The van der Waals surface area contributed by atoms with E-state index in [2.05, 4.69) is 11.3 Å². The molecule has 0 amide bonds. The average Bonchev–Trinajstić information content (AvgIpc) is 1.98. The molecule has 2 atom stereocenters. The summed E-state index contributed by atoms with van der Waals surface area (Å²) < 4.78 is 40.9. The first-order valence-electron chi connectivity index (χ1n) is 3.70. The van der Waals surface area contributed by atoms with Crippen LogP contribution in [0.25, 0.3) is 0 Å². The molecule has 0 bridgehead atoms. The van der Waals surface area contributed by atoms with Gasteiger partial charge in [-0.3, -0.25) is 4.79 Å². The normalized spacial score (nSPS) is 16.0. The molecule has 0 aromatic heterocycles. The van der Waals surface area contributed by atoms with E-state index in [1.807, 2.05) is 0 Å². The number of halogens is 3. The van der Waals surface area contributed by atoms with Crippen LogP contribution in [0.2, 0.25) is 0 Å². The SMILES string of the molecule is C=CCC([C@@H](C)OC=O)C(F)(F)F. The van der Waals surface area contributed by atoms with Crippen LogP contribution in [0.1, 0.15) is 13.3 Å². The highest BCUT2D eigenvalue weighted by Gasteiger charge is 2.43. The first-order chi connectivity index (χ1) is 5.93. The van der Waals surface area contributed by atoms with Crippen molar-refractivity contribution in [3.05, 3.63) is 12.7 Å². The van der Waals surface area contributed by atoms with Crippen molar-refractivity contribution in [2.75, 3.05) is 0 Å². The van der Waals surface area contributed by atoms with Crippen molar-refractivity contribution in [2.45, 2.75) is 25.6 Å². The third kappa shape index (κ3) is 3.96. The first-order valence-corrected chi connectivity index (χ1v) is 3.70. The monoisotopic (exact) mass is 196 g/mol. The quantitative estimate of drug-likeness (QED) is 0.498. The van der Waals surface area contributed by atoms with Crippen molar-refractivity contribution in [1.29, 1.82) is 0 Å². The number of ether oxygens (including phenoxy) is 1. The van der Waals surface area contributed by atoms with Gasteiger partial charge in [-0.25, -0.2) is 0 Å². The fourth-order valence-electron chi connectivity index (χ4n) is 0.953. The molecule has 0 saturated heterocycles. The predicted molar refractivity (Wildman–Crippen MR) is 41.0 cm³/mol. The molecule has 0 fully saturated rings. The van der Waals surface area contributed by atoms with Gasteiger partial charge in [0.2, 0.25) is 0 Å². The van der Waals surface area contributed by atoms with Gasteiger partial charge in [-0.15, -0.1) is 6.58 Å². The Balaban J connectivity index is 4.39. The molecule has 0 saturated carbocycles. The average molecular weight is 196 g/mol. The van der Waals surface area contributed by atoms with Gasteiger partial charge >= 0.3 is 6.18 Å². The van der Waals surface area contributed by atoms with Gasteiger partial charge in [0.15, 0.2) is 0 Å². The van der Waals surface area contributed by atoms with Gasteiger partial charge in [-0.1, -0.05) is 6.08 Å². The minimum absolute atomic E-state index is 0.0203. The minimum Gasteiger partial charge on any atom is -0.464 e. The maximum Gasteiger partial charge on any atom is 0.395 e. The molecule has 76 valence electrons. The summed E-state index contributed by atoms with van der Waals surface area (Å²) in [7, 11) is 0. The lowest BCUT2D eigenvalue weighted by Crippen LogP contribution is -2.33. The smallest absolute Gasteiger partial charge is 0.395 e. The van der Waals surface area contributed by atoms with Crippen LogP contribution < -0.4 is 0 Å². The zero-order chi connectivity index (χ0) is 10.5. The fraction of sp³-hybridized carbons (Fsp3) is 0.625. The number of carbonyl (C=O) groups excluding carboxylic acids is 1. The molecule has 0 aliphatic carbocycles. The van der Waals surface area contributed by atoms with E-state index in [0.29, 0.717) is 0 Å². The van der Waals surface area contributed by atoms with E-state index in [9.17, 15) is 18.0 Å². The minimum atomic E-state index is -4.36. The summed E-state index contributed by atoms with van der Waals surface area (Å²) >= 11 is 0. The second-order valence-corrected chi connectivity index (χ2v) is 2.61. The summed E-state index contributed by atoms with van der Waals surface area (Å²) in [6, 6.07) is 0. The molecule has 0 radical (unpaired) electrons. The number of allylic oxidation sites excluding steroid dienone is 1. The van der Waals surface area contributed by atoms with Crippen LogP contribution in [0.3, 0.4) is 0 Å². The molecule has 0 aromatic rings. The second-order valence-electron chi connectivity index (χ2n) is 2.61. The molecule has 0 spiro atoms. The third-order valence-electron chi connectivity index (χ3n) is 1.68. The Labute approximate surface area is 74.4 Å². The lowest BCUT2D eigenvalue weighted by atomic mass is 9.99. The van der Waals surface area contributed by atoms with Crippen molar-refractivity contribution in [3.63, 3.8) is 0 Å². The molecule has 1 unspecified atom stereocenters. The Morgan fingerprint density at radius 3 is 2.38 bits per heavy atom. The highest BCUT2D eigenvalue weighted by atomic mass is 19.4. The summed E-state index contributed by atoms with van der Waals surface area (Å²) in [4.78, 5) is 9.84. The van der Waals surface area contributed by atoms with Crippen molar-refractivity contribution in [2.24, 2.45) is 5.92 Å². The number of hydrogen-bond donors (Lipinski definition) is 0. The van der Waals surface area contributed by atoms with E-state index in [0.717, 1.165) is 6.08 Å². The summed E-state index contributed by atoms with van der Waals surface area (Å²) in [6.45, 7) is 4.44. The summed E-state index contributed by atoms with van der Waals surface area (Å²) in [5.41, 5.74) is 0. The number of hydrogen-bond acceptors (Lipinski definition) is 2. The lowest BCUT2D eigenvalue weighted by Gasteiger charge is -2.23. The van der Waals surface area contributed by atoms with Gasteiger partial charge in [0, 0.05) is 0 Å². The van der Waals surface area contributed by atoms with E-state index >= 15 is 0 Å². The molecule has 0 aliphatic rings. The summed E-state index contributed by atoms with van der Waals surface area (Å²) in [5, 5.41) is 0. The Morgan fingerprint density at radius 1 is 1.54 bits per heavy atom. The predicted octanol–water partition coefficient (Wildman–Crippen LogP) is 2.30. The summed E-state index contributed by atoms with van der Waals surface area (Å²) in [6.07, 6.45) is -4.63. The van der Waals surface area contributed by atoms with Gasteiger partial charge < -0.3 is 4.74 Å². The number of rotatable bonds is 5. The Kier molecular flexibility index (Phi) is 4.51.